The van der Waals surface area contributed by atoms with Gasteiger partial charge in [-0.25, -0.2) is 14.4 Å². The monoisotopic (exact) mass is 297 g/mol. The molecule has 0 bridgehead atoms. The van der Waals surface area contributed by atoms with Crippen molar-refractivity contribution in [2.24, 2.45) is 0 Å². The number of pyridine rings is 1. The zero-order chi connectivity index (χ0) is 15.3. The molecule has 6 nitrogen and oxygen atoms in total. The number of hydrogen-bond acceptors (Lipinski definition) is 5. The number of nitrogens with one attached hydrogen (secondary N) is 2. The minimum absolute atomic E-state index is 0.304. The molecule has 4 aromatic rings. The predicted molar refractivity (Wildman–Crippen MR) is 81.1 cm³/mol. The molecular formula is C15H12FN5O. The van der Waals surface area contributed by atoms with Gasteiger partial charge in [0, 0.05) is 12.6 Å². The molecule has 2 N–H and O–H groups in total. The van der Waals surface area contributed by atoms with E-state index in [1.807, 2.05) is 6.92 Å². The normalized spacial score (nSPS) is 11.4. The van der Waals surface area contributed by atoms with Crippen molar-refractivity contribution in [3.63, 3.8) is 0 Å². The number of imidazole rings is 1. The second kappa shape index (κ2) is 4.52. The van der Waals surface area contributed by atoms with Gasteiger partial charge in [0.15, 0.2) is 11.3 Å². The van der Waals surface area contributed by atoms with Crippen LogP contribution in [-0.4, -0.2) is 27.0 Å². The number of aryl methyl sites for hydroxylation is 1. The highest BCUT2D eigenvalue weighted by Gasteiger charge is 2.17. The Morgan fingerprint density at radius 1 is 1.09 bits per heavy atom. The molecule has 0 saturated heterocycles. The maximum Gasteiger partial charge on any atom is 0.251 e. The molecule has 22 heavy (non-hydrogen) atoms. The van der Waals surface area contributed by atoms with E-state index in [0.29, 0.717) is 34.0 Å². The summed E-state index contributed by atoms with van der Waals surface area (Å²) < 4.78 is 18.8. The first-order chi connectivity index (χ1) is 10.7. The predicted octanol–water partition coefficient (Wildman–Crippen LogP) is 3.26. The Kier molecular flexibility index (Phi) is 2.62. The average molecular weight is 297 g/mol. The van der Waals surface area contributed by atoms with Crippen LogP contribution in [0.3, 0.4) is 0 Å². The summed E-state index contributed by atoms with van der Waals surface area (Å²) >= 11 is 0. The molecule has 7 heteroatoms. The third-order valence-electron chi connectivity index (χ3n) is 3.43. The lowest BCUT2D eigenvalue weighted by molar-refractivity contribution is 0.606. The van der Waals surface area contributed by atoms with Crippen molar-refractivity contribution < 1.29 is 8.81 Å². The molecular weight excluding hydrogens is 285 g/mol. The van der Waals surface area contributed by atoms with E-state index < -0.39 is 0 Å². The molecule has 0 fully saturated rings. The van der Waals surface area contributed by atoms with Crippen molar-refractivity contribution in [2.45, 2.75) is 6.92 Å². The number of oxazole rings is 1. The van der Waals surface area contributed by atoms with Gasteiger partial charge in [-0.3, -0.25) is 0 Å². The van der Waals surface area contributed by atoms with E-state index in [9.17, 15) is 4.39 Å². The smallest absolute Gasteiger partial charge is 0.251 e. The molecule has 0 atom stereocenters. The molecule has 0 saturated carbocycles. The molecule has 0 aliphatic rings. The Balaban J connectivity index is 2.00. The van der Waals surface area contributed by atoms with E-state index in [2.05, 4.69) is 25.3 Å². The minimum atomic E-state index is -0.304. The summed E-state index contributed by atoms with van der Waals surface area (Å²) in [7, 11) is 1.77. The topological polar surface area (TPSA) is 79.6 Å². The molecule has 0 aliphatic carbocycles. The Bertz CT molecular complexity index is 987. The van der Waals surface area contributed by atoms with Crippen molar-refractivity contribution in [3.8, 4) is 11.5 Å². The van der Waals surface area contributed by atoms with E-state index in [1.165, 1.54) is 12.1 Å². The largest absolute Gasteiger partial charge is 0.418 e. The van der Waals surface area contributed by atoms with Crippen LogP contribution in [0.1, 0.15) is 5.82 Å². The van der Waals surface area contributed by atoms with Crippen molar-refractivity contribution >= 4 is 28.1 Å². The lowest BCUT2D eigenvalue weighted by Gasteiger charge is -1.98. The molecule has 3 aromatic heterocycles. The first kappa shape index (κ1) is 12.8. The van der Waals surface area contributed by atoms with Crippen molar-refractivity contribution in [1.29, 1.82) is 0 Å². The fourth-order valence-electron chi connectivity index (χ4n) is 2.43. The maximum absolute atomic E-state index is 13.0. The lowest BCUT2D eigenvalue weighted by atomic mass is 10.2. The summed E-state index contributed by atoms with van der Waals surface area (Å²) in [6.07, 6.45) is 0. The number of nitrogens with zero attached hydrogens (tertiary/aromatic N) is 3. The van der Waals surface area contributed by atoms with Crippen LogP contribution in [0.15, 0.2) is 28.7 Å². The van der Waals surface area contributed by atoms with Gasteiger partial charge in [-0.15, -0.1) is 0 Å². The van der Waals surface area contributed by atoms with Gasteiger partial charge >= 0.3 is 0 Å². The van der Waals surface area contributed by atoms with Crippen LogP contribution in [0.5, 0.6) is 0 Å². The van der Waals surface area contributed by atoms with E-state index in [0.717, 1.165) is 11.3 Å². The van der Waals surface area contributed by atoms with Crippen LogP contribution in [0.2, 0.25) is 0 Å². The number of anilines is 1. The van der Waals surface area contributed by atoms with Crippen LogP contribution < -0.4 is 5.32 Å². The quantitative estimate of drug-likeness (QED) is 0.593. The highest BCUT2D eigenvalue weighted by molar-refractivity contribution is 6.03. The Morgan fingerprint density at radius 2 is 1.86 bits per heavy atom. The number of fused-ring (bicyclic) bond motifs is 3. The van der Waals surface area contributed by atoms with Gasteiger partial charge in [0.1, 0.15) is 22.7 Å². The minimum Gasteiger partial charge on any atom is -0.418 e. The first-order valence-electron chi connectivity index (χ1n) is 6.76. The second-order valence-corrected chi connectivity index (χ2v) is 4.94. The first-order valence-corrected chi connectivity index (χ1v) is 6.76. The van der Waals surface area contributed by atoms with Crippen molar-refractivity contribution in [2.75, 3.05) is 12.4 Å². The zero-order valence-electron chi connectivity index (χ0n) is 11.9. The summed E-state index contributed by atoms with van der Waals surface area (Å²) in [6.45, 7) is 1.87. The van der Waals surface area contributed by atoms with Crippen LogP contribution >= 0.6 is 0 Å². The van der Waals surface area contributed by atoms with Gasteiger partial charge in [-0.2, -0.15) is 4.98 Å². The fourth-order valence-corrected chi connectivity index (χ4v) is 2.43. The van der Waals surface area contributed by atoms with Gasteiger partial charge in [0.2, 0.25) is 5.89 Å². The molecule has 0 amide bonds. The van der Waals surface area contributed by atoms with Gasteiger partial charge in [0.25, 0.3) is 5.71 Å². The average Bonchev–Trinajstić information content (AvgIpc) is 3.09. The summed E-state index contributed by atoms with van der Waals surface area (Å²) in [5.74, 6) is 1.48. The third-order valence-corrected chi connectivity index (χ3v) is 3.43. The molecule has 0 spiro atoms. The fraction of sp³-hybridized carbons (Fsp3) is 0.133. The van der Waals surface area contributed by atoms with E-state index >= 15 is 0 Å². The van der Waals surface area contributed by atoms with Crippen LogP contribution in [0, 0.1) is 12.7 Å². The van der Waals surface area contributed by atoms with Crippen LogP contribution in [0.25, 0.3) is 33.7 Å². The summed E-state index contributed by atoms with van der Waals surface area (Å²) in [6, 6.07) is 5.97. The summed E-state index contributed by atoms with van der Waals surface area (Å²) in [5.41, 5.74) is 3.18. The molecule has 0 unspecified atom stereocenters. The van der Waals surface area contributed by atoms with Crippen molar-refractivity contribution in [1.82, 2.24) is 19.9 Å². The van der Waals surface area contributed by atoms with E-state index in [-0.39, 0.29) is 5.82 Å². The van der Waals surface area contributed by atoms with Gasteiger partial charge in [0.05, 0.1) is 0 Å². The maximum atomic E-state index is 13.0. The standard InChI is InChI=1S/C15H12FN5O/c1-7-18-10-11(19-7)13(17-2)21-15-12(10)20-14(22-15)8-3-5-9(16)6-4-8/h3-6H,1-2H3,(H,17,21)(H,18,19). The molecule has 0 radical (unpaired) electrons. The lowest BCUT2D eigenvalue weighted by Crippen LogP contribution is -1.93. The van der Waals surface area contributed by atoms with Crippen LogP contribution in [-0.2, 0) is 0 Å². The summed E-state index contributed by atoms with van der Waals surface area (Å²) in [5, 5.41) is 3.00. The number of halogens is 1. The molecule has 1 aromatic carbocycles. The molecule has 4 rings (SSSR count). The van der Waals surface area contributed by atoms with E-state index in [4.69, 9.17) is 4.42 Å². The van der Waals surface area contributed by atoms with Gasteiger partial charge in [-0.05, 0) is 31.2 Å². The molecule has 110 valence electrons. The second-order valence-electron chi connectivity index (χ2n) is 4.94. The Hall–Kier alpha value is -2.96. The number of rotatable bonds is 2. The van der Waals surface area contributed by atoms with E-state index in [1.54, 1.807) is 19.2 Å². The molecule has 3 heterocycles. The third kappa shape index (κ3) is 1.82. The molecule has 0 aliphatic heterocycles. The number of hydrogen-bond donors (Lipinski definition) is 2. The Morgan fingerprint density at radius 3 is 2.59 bits per heavy atom. The van der Waals surface area contributed by atoms with Gasteiger partial charge < -0.3 is 14.7 Å². The summed E-state index contributed by atoms with van der Waals surface area (Å²) in [4.78, 5) is 16.5. The number of benzene rings is 1. The SMILES string of the molecule is CNc1nc2oc(-c3ccc(F)cc3)nc2c2[nH]c(C)nc12. The van der Waals surface area contributed by atoms with Crippen molar-refractivity contribution in [3.05, 3.63) is 35.9 Å². The zero-order valence-corrected chi connectivity index (χ0v) is 11.9. The van der Waals surface area contributed by atoms with Gasteiger partial charge in [-0.1, -0.05) is 0 Å². The Labute approximate surface area is 124 Å². The van der Waals surface area contributed by atoms with Crippen LogP contribution in [0.4, 0.5) is 10.2 Å². The number of H-pyrrole nitrogens is 1. The highest BCUT2D eigenvalue weighted by atomic mass is 19.1. The highest BCUT2D eigenvalue weighted by Crippen LogP contribution is 2.30. The number of aromatic nitrogens is 4. The number of aromatic amines is 1.